The van der Waals surface area contributed by atoms with Crippen LogP contribution >= 0.6 is 0 Å². The molecular formula is C23H31FN2O3S. The highest BCUT2D eigenvalue weighted by Crippen LogP contribution is 2.24. The van der Waals surface area contributed by atoms with Gasteiger partial charge in [-0.05, 0) is 55.7 Å². The normalized spacial score (nSPS) is 12.4. The number of amides is 1. The summed E-state index contributed by atoms with van der Waals surface area (Å²) in [7, 11) is -4.03. The zero-order valence-electron chi connectivity index (χ0n) is 17.9. The summed E-state index contributed by atoms with van der Waals surface area (Å²) in [6.07, 6.45) is 4.18. The molecule has 0 aliphatic rings. The third kappa shape index (κ3) is 6.55. The van der Waals surface area contributed by atoms with Crippen molar-refractivity contribution < 1.29 is 17.6 Å². The summed E-state index contributed by atoms with van der Waals surface area (Å²) in [6, 6.07) is 11.5. The van der Waals surface area contributed by atoms with Crippen molar-refractivity contribution in [3.05, 3.63) is 59.9 Å². The number of sulfonamides is 1. The zero-order valence-corrected chi connectivity index (χ0v) is 18.7. The minimum atomic E-state index is -4.03. The lowest BCUT2D eigenvalue weighted by molar-refractivity contribution is -0.119. The highest BCUT2D eigenvalue weighted by Gasteiger charge is 2.27. The molecule has 0 bridgehead atoms. The molecule has 1 atom stereocenters. The Bertz CT molecular complexity index is 912. The van der Waals surface area contributed by atoms with Gasteiger partial charge in [-0.2, -0.15) is 0 Å². The number of benzene rings is 2. The van der Waals surface area contributed by atoms with Crippen LogP contribution in [0.2, 0.25) is 0 Å². The molecule has 2 aromatic rings. The van der Waals surface area contributed by atoms with Gasteiger partial charge in [0.15, 0.2) is 0 Å². The summed E-state index contributed by atoms with van der Waals surface area (Å²) >= 11 is 0. The molecule has 2 aromatic carbocycles. The van der Waals surface area contributed by atoms with Crippen LogP contribution in [0.1, 0.15) is 45.1 Å². The number of nitrogens with zero attached hydrogens (tertiary/aromatic N) is 1. The summed E-state index contributed by atoms with van der Waals surface area (Å²) < 4.78 is 40.8. The van der Waals surface area contributed by atoms with Crippen molar-refractivity contribution in [3.8, 4) is 0 Å². The van der Waals surface area contributed by atoms with E-state index in [0.29, 0.717) is 18.2 Å². The van der Waals surface area contributed by atoms with E-state index in [1.54, 1.807) is 24.3 Å². The van der Waals surface area contributed by atoms with E-state index in [9.17, 15) is 17.6 Å². The minimum absolute atomic E-state index is 0.0633. The maximum absolute atomic E-state index is 13.3. The van der Waals surface area contributed by atoms with Crippen LogP contribution in [-0.4, -0.2) is 27.4 Å². The molecule has 0 aliphatic heterocycles. The van der Waals surface area contributed by atoms with E-state index in [2.05, 4.69) is 19.2 Å². The molecule has 0 saturated heterocycles. The highest BCUT2D eigenvalue weighted by molar-refractivity contribution is 7.92. The van der Waals surface area contributed by atoms with Crippen molar-refractivity contribution in [2.75, 3.05) is 17.4 Å². The number of carbonyl (C=O) groups is 1. The van der Waals surface area contributed by atoms with Crippen molar-refractivity contribution in [2.45, 2.75) is 51.3 Å². The van der Waals surface area contributed by atoms with Crippen LogP contribution in [0.25, 0.3) is 0 Å². The number of anilines is 1. The Balaban J connectivity index is 2.23. The number of hydrogen-bond acceptors (Lipinski definition) is 3. The molecule has 0 heterocycles. The molecule has 1 unspecified atom stereocenters. The number of unbranched alkanes of at least 4 members (excludes halogenated alkanes) is 1. The van der Waals surface area contributed by atoms with Crippen LogP contribution in [0, 0.1) is 18.7 Å². The summed E-state index contributed by atoms with van der Waals surface area (Å²) in [5, 5.41) is 2.88. The fraction of sp³-hybridized carbons (Fsp3) is 0.435. The fourth-order valence-corrected chi connectivity index (χ4v) is 4.57. The van der Waals surface area contributed by atoms with Gasteiger partial charge < -0.3 is 5.32 Å². The second kappa shape index (κ2) is 11.1. The second-order valence-electron chi connectivity index (χ2n) is 7.52. The number of carbonyl (C=O) groups excluding carboxylic acids is 1. The first-order valence-corrected chi connectivity index (χ1v) is 11.8. The Kier molecular flexibility index (Phi) is 8.84. The van der Waals surface area contributed by atoms with Gasteiger partial charge in [-0.25, -0.2) is 12.8 Å². The Hall–Kier alpha value is -2.41. The summed E-state index contributed by atoms with van der Waals surface area (Å²) in [6.45, 7) is 6.30. The molecule has 30 heavy (non-hydrogen) atoms. The third-order valence-electron chi connectivity index (χ3n) is 5.14. The van der Waals surface area contributed by atoms with E-state index >= 15 is 0 Å². The number of hydrogen-bond donors (Lipinski definition) is 1. The van der Waals surface area contributed by atoms with Gasteiger partial charge in [0, 0.05) is 6.54 Å². The average molecular weight is 435 g/mol. The van der Waals surface area contributed by atoms with Gasteiger partial charge in [-0.15, -0.1) is 0 Å². The van der Waals surface area contributed by atoms with Gasteiger partial charge in [0.2, 0.25) is 5.91 Å². The molecule has 0 aliphatic carbocycles. The molecule has 5 nitrogen and oxygen atoms in total. The fourth-order valence-electron chi connectivity index (χ4n) is 3.15. The molecular weight excluding hydrogens is 403 g/mol. The molecule has 0 fully saturated rings. The predicted octanol–water partition coefficient (Wildman–Crippen LogP) is 4.66. The van der Waals surface area contributed by atoms with Gasteiger partial charge in [0.05, 0.1) is 10.6 Å². The summed E-state index contributed by atoms with van der Waals surface area (Å²) in [5.74, 6) is -0.516. The van der Waals surface area contributed by atoms with E-state index in [-0.39, 0.29) is 17.3 Å². The average Bonchev–Trinajstić information content (AvgIpc) is 2.73. The lowest BCUT2D eigenvalue weighted by atomic mass is 9.99. The smallest absolute Gasteiger partial charge is 0.264 e. The van der Waals surface area contributed by atoms with Gasteiger partial charge in [-0.1, -0.05) is 50.8 Å². The molecule has 164 valence electrons. The molecule has 0 spiro atoms. The third-order valence-corrected chi connectivity index (χ3v) is 6.93. The van der Waals surface area contributed by atoms with Crippen molar-refractivity contribution in [2.24, 2.45) is 5.92 Å². The molecule has 7 heteroatoms. The van der Waals surface area contributed by atoms with E-state index in [1.165, 1.54) is 12.1 Å². The Labute approximate surface area is 179 Å². The van der Waals surface area contributed by atoms with Crippen molar-refractivity contribution in [1.82, 2.24) is 5.32 Å². The number of halogens is 1. The first-order valence-electron chi connectivity index (χ1n) is 10.4. The van der Waals surface area contributed by atoms with Crippen molar-refractivity contribution in [3.63, 3.8) is 0 Å². The first kappa shape index (κ1) is 23.9. The highest BCUT2D eigenvalue weighted by atomic mass is 32.2. The van der Waals surface area contributed by atoms with Crippen LogP contribution in [0.15, 0.2) is 53.4 Å². The van der Waals surface area contributed by atoms with E-state index in [4.69, 9.17) is 0 Å². The van der Waals surface area contributed by atoms with E-state index in [1.807, 2.05) is 6.92 Å². The Morgan fingerprint density at radius 3 is 2.27 bits per heavy atom. The SMILES string of the molecule is CCCCC(CC)CNC(=O)CN(c1ccc(C)cc1)S(=O)(=O)c1ccc(F)cc1. The largest absolute Gasteiger partial charge is 0.354 e. The number of nitrogens with one attached hydrogen (secondary N) is 1. The molecule has 0 saturated carbocycles. The van der Waals surface area contributed by atoms with Crippen LogP contribution in [0.5, 0.6) is 0 Å². The van der Waals surface area contributed by atoms with Crippen molar-refractivity contribution in [1.29, 1.82) is 0 Å². The van der Waals surface area contributed by atoms with E-state index < -0.39 is 15.8 Å². The maximum Gasteiger partial charge on any atom is 0.264 e. The number of aryl methyl sites for hydroxylation is 1. The lowest BCUT2D eigenvalue weighted by Gasteiger charge is -2.25. The Morgan fingerprint density at radius 1 is 1.07 bits per heavy atom. The zero-order chi connectivity index (χ0) is 22.1. The number of rotatable bonds is 11. The molecule has 1 N–H and O–H groups in total. The van der Waals surface area contributed by atoms with Crippen LogP contribution < -0.4 is 9.62 Å². The maximum atomic E-state index is 13.3. The van der Waals surface area contributed by atoms with E-state index in [0.717, 1.165) is 47.7 Å². The summed E-state index contributed by atoms with van der Waals surface area (Å²) in [4.78, 5) is 12.6. The lowest BCUT2D eigenvalue weighted by Crippen LogP contribution is -2.42. The first-order chi connectivity index (χ1) is 14.3. The quantitative estimate of drug-likeness (QED) is 0.559. The van der Waals surface area contributed by atoms with Crippen LogP contribution in [0.3, 0.4) is 0 Å². The van der Waals surface area contributed by atoms with Crippen LogP contribution in [-0.2, 0) is 14.8 Å². The molecule has 2 rings (SSSR count). The van der Waals surface area contributed by atoms with Gasteiger partial charge in [0.25, 0.3) is 10.0 Å². The van der Waals surface area contributed by atoms with Gasteiger partial charge in [-0.3, -0.25) is 9.10 Å². The molecule has 0 aromatic heterocycles. The van der Waals surface area contributed by atoms with Gasteiger partial charge in [0.1, 0.15) is 12.4 Å². The predicted molar refractivity (Wildman–Crippen MR) is 118 cm³/mol. The van der Waals surface area contributed by atoms with Crippen LogP contribution in [0.4, 0.5) is 10.1 Å². The summed E-state index contributed by atoms with van der Waals surface area (Å²) in [5.41, 5.74) is 1.36. The molecule has 0 radical (unpaired) electrons. The standard InChI is InChI=1S/C23H31FN2O3S/c1-4-6-7-19(5-2)16-25-23(27)17-26(21-12-8-18(3)9-13-21)30(28,29)22-14-10-20(24)11-15-22/h8-15,19H,4-7,16-17H2,1-3H3,(H,25,27). The second-order valence-corrected chi connectivity index (χ2v) is 9.38. The van der Waals surface area contributed by atoms with Gasteiger partial charge >= 0.3 is 0 Å². The Morgan fingerprint density at radius 2 is 1.70 bits per heavy atom. The van der Waals surface area contributed by atoms with Crippen molar-refractivity contribution >= 4 is 21.6 Å². The minimum Gasteiger partial charge on any atom is -0.354 e. The molecule has 1 amide bonds. The topological polar surface area (TPSA) is 66.5 Å². The monoisotopic (exact) mass is 434 g/mol.